The second-order valence-electron chi connectivity index (χ2n) is 8.34. The summed E-state index contributed by atoms with van der Waals surface area (Å²) >= 11 is 0. The van der Waals surface area contributed by atoms with Crippen LogP contribution in [0.5, 0.6) is 0 Å². The lowest BCUT2D eigenvalue weighted by molar-refractivity contribution is -0.146. The van der Waals surface area contributed by atoms with Crippen LogP contribution in [0.3, 0.4) is 0 Å². The molecule has 1 saturated heterocycles. The monoisotopic (exact) mass is 419 g/mol. The van der Waals surface area contributed by atoms with E-state index in [0.29, 0.717) is 18.5 Å². The molecule has 162 valence electrons. The Kier molecular flexibility index (Phi) is 6.26. The molecule has 2 N–H and O–H groups in total. The number of amides is 1. The van der Waals surface area contributed by atoms with Crippen LogP contribution in [0.1, 0.15) is 18.4 Å². The van der Waals surface area contributed by atoms with E-state index in [1.165, 1.54) is 11.3 Å². The van der Waals surface area contributed by atoms with E-state index in [2.05, 4.69) is 46.3 Å². The number of carboxylic acid groups (broad SMARTS) is 1. The number of hydrogen-bond acceptors (Lipinski definition) is 4. The topological polar surface area (TPSA) is 72.9 Å². The van der Waals surface area contributed by atoms with Crippen molar-refractivity contribution in [3.05, 3.63) is 66.2 Å². The maximum absolute atomic E-state index is 12.6. The molecule has 0 spiro atoms. The second kappa shape index (κ2) is 9.25. The van der Waals surface area contributed by atoms with Crippen molar-refractivity contribution in [3.63, 3.8) is 0 Å². The summed E-state index contributed by atoms with van der Waals surface area (Å²) in [5, 5.41) is 12.3. The number of carbonyl (C=O) groups is 2. The number of aliphatic carboxylic acids is 1. The van der Waals surface area contributed by atoms with Gasteiger partial charge >= 0.3 is 5.97 Å². The van der Waals surface area contributed by atoms with E-state index in [1.54, 1.807) is 0 Å². The van der Waals surface area contributed by atoms with Gasteiger partial charge in [-0.25, -0.2) is 0 Å². The summed E-state index contributed by atoms with van der Waals surface area (Å²) in [4.78, 5) is 28.8. The first-order valence-corrected chi connectivity index (χ1v) is 10.9. The summed E-state index contributed by atoms with van der Waals surface area (Å²) in [7, 11) is 0. The Morgan fingerprint density at radius 1 is 0.806 bits per heavy atom. The number of benzene rings is 2. The van der Waals surface area contributed by atoms with Crippen LogP contribution in [0, 0.1) is 18.8 Å². The molecule has 6 heteroatoms. The van der Waals surface area contributed by atoms with Crippen LogP contribution in [0.15, 0.2) is 60.7 Å². The Balaban J connectivity index is 1.33. The standard InChI is InChI=1S/C25H29N3O3/c1-18-6-10-20(11-7-18)27-14-16-28(17-15-27)21-12-8-19(9-13-21)26-24(29)22-4-2-3-5-23(22)25(30)31/h2-3,6-13,22-23H,4-5,14-17H2,1H3,(H,26,29)(H,30,31)/t22-,23-/m1/s1. The third-order valence-corrected chi connectivity index (χ3v) is 6.27. The van der Waals surface area contributed by atoms with Gasteiger partial charge in [-0.3, -0.25) is 9.59 Å². The molecule has 1 amide bonds. The lowest BCUT2D eigenvalue weighted by Crippen LogP contribution is -2.46. The van der Waals surface area contributed by atoms with Gasteiger partial charge in [0.05, 0.1) is 11.8 Å². The SMILES string of the molecule is Cc1ccc(N2CCN(c3ccc(NC(=O)[C@@H]4CC=CC[C@H]4C(=O)O)cc3)CC2)cc1. The van der Waals surface area contributed by atoms with E-state index in [-0.39, 0.29) is 5.91 Å². The zero-order valence-corrected chi connectivity index (χ0v) is 17.8. The first-order valence-electron chi connectivity index (χ1n) is 10.9. The van der Waals surface area contributed by atoms with Gasteiger partial charge in [0.1, 0.15) is 0 Å². The van der Waals surface area contributed by atoms with Crippen LogP contribution in [0.4, 0.5) is 17.1 Å². The molecule has 1 aliphatic carbocycles. The van der Waals surface area contributed by atoms with Gasteiger partial charge in [-0.15, -0.1) is 0 Å². The lowest BCUT2D eigenvalue weighted by Gasteiger charge is -2.37. The average Bonchev–Trinajstić information content (AvgIpc) is 2.80. The second-order valence-corrected chi connectivity index (χ2v) is 8.34. The third-order valence-electron chi connectivity index (χ3n) is 6.27. The first-order chi connectivity index (χ1) is 15.0. The summed E-state index contributed by atoms with van der Waals surface area (Å²) < 4.78 is 0. The molecule has 6 nitrogen and oxygen atoms in total. The minimum absolute atomic E-state index is 0.226. The van der Waals surface area contributed by atoms with E-state index < -0.39 is 17.8 Å². The predicted octanol–water partition coefficient (Wildman–Crippen LogP) is 3.93. The minimum atomic E-state index is -0.912. The highest BCUT2D eigenvalue weighted by atomic mass is 16.4. The van der Waals surface area contributed by atoms with Gasteiger partial charge in [-0.2, -0.15) is 0 Å². The van der Waals surface area contributed by atoms with Crippen molar-refractivity contribution in [1.82, 2.24) is 0 Å². The number of aryl methyl sites for hydroxylation is 1. The average molecular weight is 420 g/mol. The molecule has 0 bridgehead atoms. The van der Waals surface area contributed by atoms with Crippen molar-refractivity contribution >= 4 is 28.9 Å². The van der Waals surface area contributed by atoms with E-state index in [1.807, 2.05) is 36.4 Å². The van der Waals surface area contributed by atoms with Gasteiger partial charge in [-0.1, -0.05) is 29.8 Å². The van der Waals surface area contributed by atoms with Crippen LogP contribution >= 0.6 is 0 Å². The molecule has 2 atom stereocenters. The molecule has 4 rings (SSSR count). The molecule has 2 aromatic carbocycles. The lowest BCUT2D eigenvalue weighted by atomic mass is 9.82. The van der Waals surface area contributed by atoms with Gasteiger partial charge < -0.3 is 20.2 Å². The first kappa shape index (κ1) is 21.0. The maximum atomic E-state index is 12.6. The zero-order valence-electron chi connectivity index (χ0n) is 17.8. The Hall–Kier alpha value is -3.28. The molecule has 0 saturated carbocycles. The van der Waals surface area contributed by atoms with Crippen molar-refractivity contribution in [2.45, 2.75) is 19.8 Å². The fraction of sp³-hybridized carbons (Fsp3) is 0.360. The van der Waals surface area contributed by atoms with E-state index in [4.69, 9.17) is 0 Å². The van der Waals surface area contributed by atoms with Crippen molar-refractivity contribution in [1.29, 1.82) is 0 Å². The third kappa shape index (κ3) is 4.90. The number of nitrogens with zero attached hydrogens (tertiary/aromatic N) is 2. The highest BCUT2D eigenvalue weighted by Gasteiger charge is 2.34. The largest absolute Gasteiger partial charge is 0.481 e. The molecule has 1 fully saturated rings. The zero-order chi connectivity index (χ0) is 21.8. The number of rotatable bonds is 5. The van der Waals surface area contributed by atoms with Gasteiger partial charge in [0.15, 0.2) is 0 Å². The summed E-state index contributed by atoms with van der Waals surface area (Å²) in [5.74, 6) is -2.33. The molecular weight excluding hydrogens is 390 g/mol. The van der Waals surface area contributed by atoms with Crippen molar-refractivity contribution in [2.75, 3.05) is 41.3 Å². The van der Waals surface area contributed by atoms with Crippen LogP contribution in [-0.2, 0) is 9.59 Å². The van der Waals surface area contributed by atoms with E-state index in [0.717, 1.165) is 31.9 Å². The number of carbonyl (C=O) groups excluding carboxylic acids is 1. The van der Waals surface area contributed by atoms with Gasteiger partial charge in [0, 0.05) is 43.2 Å². The molecule has 31 heavy (non-hydrogen) atoms. The van der Waals surface area contributed by atoms with Gasteiger partial charge in [-0.05, 0) is 56.2 Å². The molecule has 2 aliphatic rings. The van der Waals surface area contributed by atoms with Crippen LogP contribution in [-0.4, -0.2) is 43.2 Å². The Morgan fingerprint density at radius 2 is 1.29 bits per heavy atom. The Bertz CT molecular complexity index is 945. The van der Waals surface area contributed by atoms with Crippen molar-refractivity contribution < 1.29 is 14.7 Å². The molecular formula is C25H29N3O3. The molecule has 0 unspecified atom stereocenters. The summed E-state index contributed by atoms with van der Waals surface area (Å²) in [6.07, 6.45) is 4.60. The summed E-state index contributed by atoms with van der Waals surface area (Å²) in [6, 6.07) is 16.5. The maximum Gasteiger partial charge on any atom is 0.307 e. The predicted molar refractivity (Wildman–Crippen MR) is 124 cm³/mol. The number of nitrogens with one attached hydrogen (secondary N) is 1. The molecule has 1 heterocycles. The fourth-order valence-electron chi connectivity index (χ4n) is 4.35. The number of allylic oxidation sites excluding steroid dienone is 2. The molecule has 2 aromatic rings. The van der Waals surface area contributed by atoms with Gasteiger partial charge in [0.25, 0.3) is 0 Å². The number of anilines is 3. The van der Waals surface area contributed by atoms with Crippen LogP contribution < -0.4 is 15.1 Å². The van der Waals surface area contributed by atoms with Crippen LogP contribution in [0.25, 0.3) is 0 Å². The normalized spacial score (nSPS) is 21.1. The minimum Gasteiger partial charge on any atom is -0.481 e. The van der Waals surface area contributed by atoms with Crippen molar-refractivity contribution in [2.24, 2.45) is 11.8 Å². The molecule has 0 aromatic heterocycles. The molecule has 1 aliphatic heterocycles. The van der Waals surface area contributed by atoms with E-state index >= 15 is 0 Å². The van der Waals surface area contributed by atoms with Crippen molar-refractivity contribution in [3.8, 4) is 0 Å². The summed E-state index contributed by atoms with van der Waals surface area (Å²) in [5.41, 5.74) is 4.37. The van der Waals surface area contributed by atoms with E-state index in [9.17, 15) is 14.7 Å². The quantitative estimate of drug-likeness (QED) is 0.719. The summed E-state index contributed by atoms with van der Waals surface area (Å²) in [6.45, 7) is 5.91. The molecule has 0 radical (unpaired) electrons. The number of hydrogen-bond donors (Lipinski definition) is 2. The highest BCUT2D eigenvalue weighted by molar-refractivity contribution is 5.95. The number of piperazine rings is 1. The Labute approximate surface area is 183 Å². The highest BCUT2D eigenvalue weighted by Crippen LogP contribution is 2.28. The smallest absolute Gasteiger partial charge is 0.307 e. The van der Waals surface area contributed by atoms with Crippen LogP contribution in [0.2, 0.25) is 0 Å². The Morgan fingerprint density at radius 3 is 1.81 bits per heavy atom. The van der Waals surface area contributed by atoms with Gasteiger partial charge in [0.2, 0.25) is 5.91 Å². The fourth-order valence-corrected chi connectivity index (χ4v) is 4.35. The number of carboxylic acids is 1.